The van der Waals surface area contributed by atoms with E-state index in [0.29, 0.717) is 0 Å². The van der Waals surface area contributed by atoms with E-state index in [-0.39, 0.29) is 5.54 Å². The average Bonchev–Trinajstić information content (AvgIpc) is 2.80. The molecule has 5 atom stereocenters. The van der Waals surface area contributed by atoms with Crippen LogP contribution in [0.4, 0.5) is 0 Å². The first-order valence-corrected chi connectivity index (χ1v) is 5.57. The summed E-state index contributed by atoms with van der Waals surface area (Å²) in [6, 6.07) is 0. The zero-order valence-electron chi connectivity index (χ0n) is 8.42. The van der Waals surface area contributed by atoms with Gasteiger partial charge in [0.2, 0.25) is 0 Å². The predicted octanol–water partition coefficient (Wildman–Crippen LogP) is 2.33. The van der Waals surface area contributed by atoms with Crippen molar-refractivity contribution in [2.75, 3.05) is 0 Å². The third-order valence-corrected chi connectivity index (χ3v) is 4.89. The lowest BCUT2D eigenvalue weighted by molar-refractivity contribution is 0.0899. The quantitative estimate of drug-likeness (QED) is 0.611. The van der Waals surface area contributed by atoms with Crippen LogP contribution in [0, 0.1) is 23.7 Å². The fourth-order valence-corrected chi connectivity index (χ4v) is 4.11. The topological polar surface area (TPSA) is 26.0 Å². The highest BCUT2D eigenvalue weighted by Crippen LogP contribution is 2.66. The molecule has 2 N–H and O–H groups in total. The van der Waals surface area contributed by atoms with Crippen molar-refractivity contribution in [2.45, 2.75) is 38.1 Å². The van der Waals surface area contributed by atoms with Crippen LogP contribution in [-0.4, -0.2) is 5.54 Å². The van der Waals surface area contributed by atoms with Gasteiger partial charge in [0.25, 0.3) is 0 Å². The van der Waals surface area contributed by atoms with Crippen molar-refractivity contribution >= 4 is 0 Å². The number of rotatable bonds is 1. The second-order valence-electron chi connectivity index (χ2n) is 5.56. The Hall–Kier alpha value is -0.300. The van der Waals surface area contributed by atoms with E-state index in [1.54, 1.807) is 0 Å². The second-order valence-corrected chi connectivity index (χ2v) is 5.56. The van der Waals surface area contributed by atoms with E-state index >= 15 is 0 Å². The van der Waals surface area contributed by atoms with Crippen LogP contribution in [0.15, 0.2) is 12.2 Å². The molecule has 4 aliphatic carbocycles. The van der Waals surface area contributed by atoms with Crippen LogP contribution in [0.2, 0.25) is 0 Å². The molecule has 4 aliphatic rings. The Morgan fingerprint density at radius 1 is 1.38 bits per heavy atom. The summed E-state index contributed by atoms with van der Waals surface area (Å²) in [6.45, 7) is 6.31. The minimum Gasteiger partial charge on any atom is -0.325 e. The van der Waals surface area contributed by atoms with E-state index in [4.69, 9.17) is 5.73 Å². The lowest BCUT2D eigenvalue weighted by Crippen LogP contribution is -2.49. The molecule has 0 saturated heterocycles. The molecule has 0 heterocycles. The molecule has 2 bridgehead atoms. The molecule has 4 rings (SSSR count). The zero-order chi connectivity index (χ0) is 9.22. The van der Waals surface area contributed by atoms with Gasteiger partial charge >= 0.3 is 0 Å². The number of nitrogens with two attached hydrogens (primary N) is 1. The minimum atomic E-state index is 0.255. The third kappa shape index (κ3) is 0.864. The maximum atomic E-state index is 6.42. The van der Waals surface area contributed by atoms with E-state index < -0.39 is 0 Å². The second kappa shape index (κ2) is 2.20. The summed E-state index contributed by atoms with van der Waals surface area (Å²) in [5.41, 5.74) is 8.06. The van der Waals surface area contributed by atoms with E-state index in [9.17, 15) is 0 Å². The fourth-order valence-electron chi connectivity index (χ4n) is 4.11. The van der Waals surface area contributed by atoms with Crippen LogP contribution in [0.5, 0.6) is 0 Å². The molecule has 4 saturated carbocycles. The molecule has 0 aromatic rings. The summed E-state index contributed by atoms with van der Waals surface area (Å²) < 4.78 is 0. The van der Waals surface area contributed by atoms with Crippen LogP contribution >= 0.6 is 0 Å². The summed E-state index contributed by atoms with van der Waals surface area (Å²) in [5, 5.41) is 0. The lowest BCUT2D eigenvalue weighted by Gasteiger charge is -2.46. The smallest absolute Gasteiger partial charge is 0.0224 e. The first-order valence-electron chi connectivity index (χ1n) is 5.57. The van der Waals surface area contributed by atoms with Gasteiger partial charge in [0.1, 0.15) is 0 Å². The van der Waals surface area contributed by atoms with Crippen molar-refractivity contribution in [1.29, 1.82) is 0 Å². The lowest BCUT2D eigenvalue weighted by atomic mass is 9.61. The molecule has 0 spiro atoms. The summed E-state index contributed by atoms with van der Waals surface area (Å²) in [7, 11) is 0. The monoisotopic (exact) mass is 177 g/mol. The Labute approximate surface area is 80.4 Å². The molecular weight excluding hydrogens is 158 g/mol. The molecule has 0 aliphatic heterocycles. The number of hydrogen-bond donors (Lipinski definition) is 1. The molecule has 5 unspecified atom stereocenters. The van der Waals surface area contributed by atoms with E-state index in [0.717, 1.165) is 23.7 Å². The molecule has 0 aromatic heterocycles. The Kier molecular flexibility index (Phi) is 1.36. The summed E-state index contributed by atoms with van der Waals surface area (Å²) >= 11 is 0. The largest absolute Gasteiger partial charge is 0.325 e. The molecule has 0 radical (unpaired) electrons. The third-order valence-electron chi connectivity index (χ3n) is 4.89. The van der Waals surface area contributed by atoms with Crippen molar-refractivity contribution < 1.29 is 0 Å². The highest BCUT2D eigenvalue weighted by atomic mass is 14.9. The van der Waals surface area contributed by atoms with Gasteiger partial charge in [-0.05, 0) is 56.3 Å². The Bertz CT molecular complexity index is 270. The number of fused-ring (bicyclic) bond motifs is 2. The van der Waals surface area contributed by atoms with Crippen LogP contribution in [0.25, 0.3) is 0 Å². The maximum absolute atomic E-state index is 6.42. The van der Waals surface area contributed by atoms with Gasteiger partial charge < -0.3 is 5.73 Å². The van der Waals surface area contributed by atoms with Crippen molar-refractivity contribution in [3.8, 4) is 0 Å². The maximum Gasteiger partial charge on any atom is 0.0224 e. The SMILES string of the molecule is C=C(C)C1CC2CCC1C1(N)CC21. The molecule has 1 nitrogen and oxygen atoms in total. The minimum absolute atomic E-state index is 0.255. The number of allylic oxidation sites excluding steroid dienone is 1. The van der Waals surface area contributed by atoms with Gasteiger partial charge in [-0.3, -0.25) is 0 Å². The normalized spacial score (nSPS) is 57.4. The van der Waals surface area contributed by atoms with E-state index in [1.807, 2.05) is 0 Å². The van der Waals surface area contributed by atoms with Gasteiger partial charge in [0.05, 0.1) is 0 Å². The zero-order valence-corrected chi connectivity index (χ0v) is 8.42. The average molecular weight is 177 g/mol. The molecule has 0 amide bonds. The summed E-state index contributed by atoms with van der Waals surface area (Å²) in [4.78, 5) is 0. The Morgan fingerprint density at radius 2 is 2.15 bits per heavy atom. The van der Waals surface area contributed by atoms with Crippen LogP contribution in [-0.2, 0) is 0 Å². The fraction of sp³-hybridized carbons (Fsp3) is 0.833. The summed E-state index contributed by atoms with van der Waals surface area (Å²) in [6.07, 6.45) is 5.52. The van der Waals surface area contributed by atoms with E-state index in [1.165, 1.54) is 31.3 Å². The van der Waals surface area contributed by atoms with Gasteiger partial charge in [0, 0.05) is 5.54 Å². The predicted molar refractivity (Wildman–Crippen MR) is 54.2 cm³/mol. The van der Waals surface area contributed by atoms with Gasteiger partial charge in [-0.25, -0.2) is 0 Å². The van der Waals surface area contributed by atoms with Crippen LogP contribution < -0.4 is 5.73 Å². The number of hydrogen-bond acceptors (Lipinski definition) is 1. The molecule has 1 heteroatoms. The van der Waals surface area contributed by atoms with Crippen LogP contribution in [0.3, 0.4) is 0 Å². The molecule has 4 fully saturated rings. The summed E-state index contributed by atoms with van der Waals surface area (Å²) in [5.74, 6) is 3.36. The highest BCUT2D eigenvalue weighted by Gasteiger charge is 2.66. The Balaban J connectivity index is 1.93. The highest BCUT2D eigenvalue weighted by molar-refractivity contribution is 5.24. The molecular formula is C12H19N. The first-order chi connectivity index (χ1) is 6.13. The standard InChI is InChI=1S/C12H19N/c1-7(2)9-5-8-3-4-10(9)12(13)6-11(8)12/h8-11H,1,3-6,13H2,2H3. The van der Waals surface area contributed by atoms with Crippen molar-refractivity contribution in [3.05, 3.63) is 12.2 Å². The molecule has 72 valence electrons. The van der Waals surface area contributed by atoms with Gasteiger partial charge in [-0.1, -0.05) is 12.2 Å². The van der Waals surface area contributed by atoms with Crippen LogP contribution in [0.1, 0.15) is 32.6 Å². The van der Waals surface area contributed by atoms with Gasteiger partial charge in [0.15, 0.2) is 0 Å². The van der Waals surface area contributed by atoms with Crippen molar-refractivity contribution in [2.24, 2.45) is 29.4 Å². The van der Waals surface area contributed by atoms with Crippen molar-refractivity contribution in [1.82, 2.24) is 0 Å². The van der Waals surface area contributed by atoms with E-state index in [2.05, 4.69) is 13.5 Å². The van der Waals surface area contributed by atoms with Gasteiger partial charge in [-0.15, -0.1) is 0 Å². The first kappa shape index (κ1) is 8.05. The molecule has 13 heavy (non-hydrogen) atoms. The van der Waals surface area contributed by atoms with Gasteiger partial charge in [-0.2, -0.15) is 0 Å². The Morgan fingerprint density at radius 3 is 2.77 bits per heavy atom. The molecule has 0 aromatic carbocycles. The van der Waals surface area contributed by atoms with Crippen molar-refractivity contribution in [3.63, 3.8) is 0 Å².